The lowest BCUT2D eigenvalue weighted by Crippen LogP contribution is -2.08. The van der Waals surface area contributed by atoms with Gasteiger partial charge in [-0.2, -0.15) is 0 Å². The Morgan fingerprint density at radius 1 is 1.62 bits per heavy atom. The van der Waals surface area contributed by atoms with E-state index in [2.05, 4.69) is 9.55 Å². The minimum absolute atomic E-state index is 0.190. The van der Waals surface area contributed by atoms with Crippen LogP contribution in [0.4, 0.5) is 0 Å². The Bertz CT molecular complexity index is 304. The average molecular weight is 178 g/mol. The van der Waals surface area contributed by atoms with Crippen molar-refractivity contribution in [3.05, 3.63) is 17.7 Å². The molecule has 1 aromatic rings. The van der Waals surface area contributed by atoms with Crippen LogP contribution in [0.15, 0.2) is 6.20 Å². The molecule has 0 saturated carbocycles. The number of carbonyl (C=O) groups is 1. The fourth-order valence-corrected chi connectivity index (χ4v) is 1.81. The highest BCUT2D eigenvalue weighted by atomic mass is 16.1. The minimum Gasteiger partial charge on any atom is -0.335 e. The lowest BCUT2D eigenvalue weighted by Gasteiger charge is -2.11. The zero-order valence-electron chi connectivity index (χ0n) is 7.92. The summed E-state index contributed by atoms with van der Waals surface area (Å²) in [7, 11) is 0. The molecule has 0 spiro atoms. The van der Waals surface area contributed by atoms with Gasteiger partial charge in [0, 0.05) is 25.6 Å². The molecule has 0 aromatic carbocycles. The van der Waals surface area contributed by atoms with Crippen LogP contribution >= 0.6 is 0 Å². The molecule has 0 aliphatic carbocycles. The first-order valence-electron chi connectivity index (χ1n) is 4.80. The van der Waals surface area contributed by atoms with Crippen LogP contribution in [0, 0.1) is 0 Å². The van der Waals surface area contributed by atoms with Gasteiger partial charge < -0.3 is 4.57 Å². The fourth-order valence-electron chi connectivity index (χ4n) is 1.81. The minimum atomic E-state index is 0.190. The van der Waals surface area contributed by atoms with E-state index in [1.165, 1.54) is 12.8 Å². The van der Waals surface area contributed by atoms with Gasteiger partial charge in [-0.1, -0.05) is 0 Å². The number of Topliss-reactive ketones (excluding diaryl/α,β-unsaturated/α-hetero) is 1. The number of hydrogen-bond acceptors (Lipinski definition) is 2. The third-order valence-electron chi connectivity index (χ3n) is 2.39. The predicted octanol–water partition coefficient (Wildman–Crippen LogP) is 1.35. The van der Waals surface area contributed by atoms with Crippen LogP contribution in [0.1, 0.15) is 31.3 Å². The van der Waals surface area contributed by atoms with E-state index in [4.69, 9.17) is 0 Å². The molecule has 0 amide bonds. The largest absolute Gasteiger partial charge is 0.335 e. The Hall–Kier alpha value is -1.12. The van der Waals surface area contributed by atoms with Crippen molar-refractivity contribution in [1.29, 1.82) is 0 Å². The molecular formula is C10H14N2O. The molecule has 0 bridgehead atoms. The number of ketones is 1. The van der Waals surface area contributed by atoms with Crippen LogP contribution in [-0.2, 0) is 24.2 Å². The molecule has 70 valence electrons. The van der Waals surface area contributed by atoms with Crippen molar-refractivity contribution < 1.29 is 4.79 Å². The number of aryl methyl sites for hydroxylation is 2. The number of carbonyl (C=O) groups excluding carboxylic acids is 1. The molecule has 0 radical (unpaired) electrons. The summed E-state index contributed by atoms with van der Waals surface area (Å²) in [5.74, 6) is 1.35. The summed E-state index contributed by atoms with van der Waals surface area (Å²) in [4.78, 5) is 15.3. The number of aromatic nitrogens is 2. The number of nitrogens with zero attached hydrogens (tertiary/aromatic N) is 2. The summed E-state index contributed by atoms with van der Waals surface area (Å²) in [6, 6.07) is 0. The van der Waals surface area contributed by atoms with E-state index in [1.54, 1.807) is 6.92 Å². The molecule has 13 heavy (non-hydrogen) atoms. The Morgan fingerprint density at radius 3 is 3.15 bits per heavy atom. The zero-order chi connectivity index (χ0) is 9.26. The van der Waals surface area contributed by atoms with Crippen LogP contribution in [0.2, 0.25) is 0 Å². The predicted molar refractivity (Wildman–Crippen MR) is 49.6 cm³/mol. The molecule has 1 aliphatic rings. The van der Waals surface area contributed by atoms with Crippen LogP contribution in [-0.4, -0.2) is 15.3 Å². The smallest absolute Gasteiger partial charge is 0.135 e. The van der Waals surface area contributed by atoms with Crippen molar-refractivity contribution in [3.63, 3.8) is 0 Å². The van der Waals surface area contributed by atoms with Gasteiger partial charge in [0.15, 0.2) is 0 Å². The van der Waals surface area contributed by atoms with Crippen molar-refractivity contribution in [2.45, 2.75) is 39.2 Å². The van der Waals surface area contributed by atoms with Crippen LogP contribution in [0.3, 0.4) is 0 Å². The van der Waals surface area contributed by atoms with E-state index in [0.29, 0.717) is 6.42 Å². The number of hydrogen-bond donors (Lipinski definition) is 0. The molecule has 0 atom stereocenters. The van der Waals surface area contributed by atoms with Crippen LogP contribution in [0.25, 0.3) is 0 Å². The van der Waals surface area contributed by atoms with Gasteiger partial charge in [0.2, 0.25) is 0 Å². The summed E-state index contributed by atoms with van der Waals surface area (Å²) in [5, 5.41) is 0. The van der Waals surface area contributed by atoms with E-state index in [1.807, 2.05) is 6.20 Å². The molecular weight excluding hydrogens is 164 g/mol. The second-order valence-corrected chi connectivity index (χ2v) is 3.68. The summed E-state index contributed by atoms with van der Waals surface area (Å²) >= 11 is 0. The maximum absolute atomic E-state index is 10.9. The van der Waals surface area contributed by atoms with E-state index < -0.39 is 0 Å². The van der Waals surface area contributed by atoms with Gasteiger partial charge in [0.05, 0.1) is 5.69 Å². The van der Waals surface area contributed by atoms with E-state index >= 15 is 0 Å². The first kappa shape index (κ1) is 8.48. The van der Waals surface area contributed by atoms with Gasteiger partial charge in [0.1, 0.15) is 11.6 Å². The highest BCUT2D eigenvalue weighted by Gasteiger charge is 2.12. The molecule has 0 saturated heterocycles. The van der Waals surface area contributed by atoms with Crippen LogP contribution < -0.4 is 0 Å². The first-order valence-corrected chi connectivity index (χ1v) is 4.80. The molecule has 1 aliphatic heterocycles. The molecule has 3 heteroatoms. The summed E-state index contributed by atoms with van der Waals surface area (Å²) in [5.41, 5.74) is 0.935. The van der Waals surface area contributed by atoms with Crippen LogP contribution in [0.5, 0.6) is 0 Å². The van der Waals surface area contributed by atoms with Crippen molar-refractivity contribution in [1.82, 2.24) is 9.55 Å². The lowest BCUT2D eigenvalue weighted by atomic mass is 10.2. The van der Waals surface area contributed by atoms with Gasteiger partial charge in [-0.25, -0.2) is 4.98 Å². The third kappa shape index (κ3) is 1.79. The maximum atomic E-state index is 10.9. The van der Waals surface area contributed by atoms with Gasteiger partial charge in [0.25, 0.3) is 0 Å². The first-order chi connectivity index (χ1) is 6.25. The molecule has 1 aromatic heterocycles. The topological polar surface area (TPSA) is 34.9 Å². The number of imidazole rings is 1. The molecule has 0 N–H and O–H groups in total. The fraction of sp³-hybridized carbons (Fsp3) is 0.600. The molecule has 0 fully saturated rings. The molecule has 3 nitrogen and oxygen atoms in total. The second-order valence-electron chi connectivity index (χ2n) is 3.68. The lowest BCUT2D eigenvalue weighted by molar-refractivity contribution is -0.116. The number of rotatable bonds is 2. The van der Waals surface area contributed by atoms with Gasteiger partial charge in [-0.15, -0.1) is 0 Å². The number of fused-ring (bicyclic) bond motifs is 1. The second kappa shape index (κ2) is 3.32. The Balaban J connectivity index is 2.20. The SMILES string of the molecule is CC(=O)Cc1cn2c(n1)CCCC2. The Labute approximate surface area is 77.8 Å². The summed E-state index contributed by atoms with van der Waals surface area (Å²) in [6.45, 7) is 2.68. The van der Waals surface area contributed by atoms with Crippen molar-refractivity contribution in [2.75, 3.05) is 0 Å². The van der Waals surface area contributed by atoms with E-state index in [9.17, 15) is 4.79 Å². The van der Waals surface area contributed by atoms with Crippen molar-refractivity contribution in [3.8, 4) is 0 Å². The zero-order valence-corrected chi connectivity index (χ0v) is 7.92. The third-order valence-corrected chi connectivity index (χ3v) is 2.39. The highest BCUT2D eigenvalue weighted by molar-refractivity contribution is 5.77. The van der Waals surface area contributed by atoms with E-state index in [-0.39, 0.29) is 5.78 Å². The Kier molecular flexibility index (Phi) is 2.17. The molecule has 2 heterocycles. The molecule has 2 rings (SSSR count). The monoisotopic (exact) mass is 178 g/mol. The normalized spacial score (nSPS) is 15.5. The van der Waals surface area contributed by atoms with Gasteiger partial charge in [-0.05, 0) is 19.8 Å². The average Bonchev–Trinajstić information content (AvgIpc) is 2.44. The summed E-state index contributed by atoms with van der Waals surface area (Å²) < 4.78 is 2.18. The molecule has 0 unspecified atom stereocenters. The van der Waals surface area contributed by atoms with Gasteiger partial charge in [-0.3, -0.25) is 4.79 Å². The van der Waals surface area contributed by atoms with E-state index in [0.717, 1.165) is 24.5 Å². The van der Waals surface area contributed by atoms with Gasteiger partial charge >= 0.3 is 0 Å². The highest BCUT2D eigenvalue weighted by Crippen LogP contribution is 2.14. The van der Waals surface area contributed by atoms with Crippen molar-refractivity contribution >= 4 is 5.78 Å². The van der Waals surface area contributed by atoms with Crippen molar-refractivity contribution in [2.24, 2.45) is 0 Å². The standard InChI is InChI=1S/C10H14N2O/c1-8(13)6-9-7-12-5-3-2-4-10(12)11-9/h7H,2-6H2,1H3. The quantitative estimate of drug-likeness (QED) is 0.685. The maximum Gasteiger partial charge on any atom is 0.135 e. The summed E-state index contributed by atoms with van der Waals surface area (Å²) in [6.07, 6.45) is 6.05. The Morgan fingerprint density at radius 2 is 2.46 bits per heavy atom.